The second-order valence-corrected chi connectivity index (χ2v) is 7.76. The minimum atomic E-state index is -0.148. The van der Waals surface area contributed by atoms with E-state index in [2.05, 4.69) is 27.2 Å². The van der Waals surface area contributed by atoms with Crippen molar-refractivity contribution >= 4 is 17.4 Å². The Bertz CT molecular complexity index is 952. The Kier molecular flexibility index (Phi) is 6.39. The molecule has 0 bridgehead atoms. The van der Waals surface area contributed by atoms with Crippen LogP contribution in [-0.2, 0) is 11.3 Å². The maximum absolute atomic E-state index is 12.6. The lowest BCUT2D eigenvalue weighted by atomic mass is 10.1. The van der Waals surface area contributed by atoms with E-state index in [0.717, 1.165) is 38.5 Å². The van der Waals surface area contributed by atoms with Crippen molar-refractivity contribution in [2.45, 2.75) is 13.5 Å². The Morgan fingerprint density at radius 3 is 2.29 bits per heavy atom. The van der Waals surface area contributed by atoms with Crippen LogP contribution < -0.4 is 19.5 Å². The third-order valence-electron chi connectivity index (χ3n) is 5.56. The van der Waals surface area contributed by atoms with Gasteiger partial charge in [0.2, 0.25) is 12.7 Å². The number of nitrogens with one attached hydrogen (secondary N) is 1. The number of carbonyl (C=O) groups is 2. The number of fused-ring (bicyclic) bond motifs is 1. The molecule has 4 rings (SSSR count). The molecule has 2 aromatic carbocycles. The molecule has 8 nitrogen and oxygen atoms in total. The molecule has 2 aliphatic heterocycles. The van der Waals surface area contributed by atoms with E-state index in [9.17, 15) is 9.59 Å². The van der Waals surface area contributed by atoms with Crippen LogP contribution in [0.1, 0.15) is 22.8 Å². The zero-order valence-corrected chi connectivity index (χ0v) is 17.8. The van der Waals surface area contributed by atoms with E-state index in [1.54, 1.807) is 19.2 Å². The molecular weight excluding hydrogens is 398 g/mol. The van der Waals surface area contributed by atoms with Crippen LogP contribution in [0.15, 0.2) is 36.4 Å². The summed E-state index contributed by atoms with van der Waals surface area (Å²) in [5, 5.41) is 2.87. The van der Waals surface area contributed by atoms with Gasteiger partial charge in [0, 0.05) is 44.4 Å². The predicted octanol–water partition coefficient (Wildman–Crippen LogP) is 2.38. The van der Waals surface area contributed by atoms with E-state index in [-0.39, 0.29) is 25.0 Å². The van der Waals surface area contributed by atoms with Crippen LogP contribution in [0, 0.1) is 0 Å². The number of nitrogens with zero attached hydrogens (tertiary/aromatic N) is 2. The number of anilines is 1. The second-order valence-electron chi connectivity index (χ2n) is 7.76. The molecule has 164 valence electrons. The number of hydrogen-bond donors (Lipinski definition) is 1. The fourth-order valence-electron chi connectivity index (χ4n) is 3.82. The van der Waals surface area contributed by atoms with Crippen molar-refractivity contribution < 1.29 is 23.8 Å². The fourth-order valence-corrected chi connectivity index (χ4v) is 3.82. The Hall–Kier alpha value is -3.10. The molecule has 1 amide bonds. The number of carbonyl (C=O) groups excluding carboxylic acids is 2. The smallest absolute Gasteiger partial charge is 0.238 e. The van der Waals surface area contributed by atoms with E-state index < -0.39 is 0 Å². The van der Waals surface area contributed by atoms with Gasteiger partial charge in [-0.3, -0.25) is 19.4 Å². The quantitative estimate of drug-likeness (QED) is 0.682. The SMILES string of the molecule is COc1ccc(CN2CCN(CC(=O)Nc3cc4c(cc3C(C)=O)OCO4)CC2)cc1. The molecule has 0 aromatic heterocycles. The van der Waals surface area contributed by atoms with Crippen molar-refractivity contribution in [3.8, 4) is 17.2 Å². The highest BCUT2D eigenvalue weighted by Gasteiger charge is 2.22. The minimum absolute atomic E-state index is 0.116. The lowest BCUT2D eigenvalue weighted by Crippen LogP contribution is -2.48. The summed E-state index contributed by atoms with van der Waals surface area (Å²) >= 11 is 0. The molecule has 2 aliphatic rings. The number of benzene rings is 2. The predicted molar refractivity (Wildman–Crippen MR) is 116 cm³/mol. The molecule has 1 saturated heterocycles. The number of ketones is 1. The summed E-state index contributed by atoms with van der Waals surface area (Å²) in [5.41, 5.74) is 2.12. The highest BCUT2D eigenvalue weighted by atomic mass is 16.7. The first-order valence-corrected chi connectivity index (χ1v) is 10.3. The van der Waals surface area contributed by atoms with Gasteiger partial charge >= 0.3 is 0 Å². The maximum atomic E-state index is 12.6. The molecule has 0 saturated carbocycles. The second kappa shape index (κ2) is 9.36. The summed E-state index contributed by atoms with van der Waals surface area (Å²) in [6.45, 7) is 6.14. The van der Waals surface area contributed by atoms with Crippen LogP contribution in [0.4, 0.5) is 5.69 Å². The summed E-state index contributed by atoms with van der Waals surface area (Å²) in [7, 11) is 1.66. The van der Waals surface area contributed by atoms with Gasteiger partial charge in [-0.25, -0.2) is 0 Å². The largest absolute Gasteiger partial charge is 0.497 e. The first-order chi connectivity index (χ1) is 15.0. The molecule has 2 heterocycles. The van der Waals surface area contributed by atoms with Crippen LogP contribution in [0.2, 0.25) is 0 Å². The van der Waals surface area contributed by atoms with Gasteiger partial charge in [0.1, 0.15) is 5.75 Å². The number of piperazine rings is 1. The van der Waals surface area contributed by atoms with Gasteiger partial charge < -0.3 is 19.5 Å². The summed E-state index contributed by atoms with van der Waals surface area (Å²) < 4.78 is 15.9. The van der Waals surface area contributed by atoms with Crippen LogP contribution in [0.3, 0.4) is 0 Å². The average molecular weight is 425 g/mol. The summed E-state index contributed by atoms with van der Waals surface area (Å²) in [6.07, 6.45) is 0. The van der Waals surface area contributed by atoms with Crippen LogP contribution in [0.5, 0.6) is 17.2 Å². The minimum Gasteiger partial charge on any atom is -0.497 e. The van der Waals surface area contributed by atoms with E-state index in [0.29, 0.717) is 22.7 Å². The summed E-state index contributed by atoms with van der Waals surface area (Å²) in [4.78, 5) is 29.1. The molecule has 1 N–H and O–H groups in total. The summed E-state index contributed by atoms with van der Waals surface area (Å²) in [5.74, 6) is 1.63. The van der Waals surface area contributed by atoms with Crippen molar-refractivity contribution in [1.29, 1.82) is 0 Å². The highest BCUT2D eigenvalue weighted by molar-refractivity contribution is 6.05. The lowest BCUT2D eigenvalue weighted by molar-refractivity contribution is -0.117. The first-order valence-electron chi connectivity index (χ1n) is 10.3. The average Bonchev–Trinajstić information content (AvgIpc) is 3.22. The zero-order chi connectivity index (χ0) is 21.8. The molecular formula is C23H27N3O5. The molecule has 0 spiro atoms. The van der Waals surface area contributed by atoms with Gasteiger partial charge in [-0.1, -0.05) is 12.1 Å². The topological polar surface area (TPSA) is 80.3 Å². The third-order valence-corrected chi connectivity index (χ3v) is 5.56. The Morgan fingerprint density at radius 2 is 1.65 bits per heavy atom. The molecule has 2 aromatic rings. The number of amides is 1. The van der Waals surface area contributed by atoms with E-state index in [1.807, 2.05) is 12.1 Å². The first kappa shape index (κ1) is 21.1. The Labute approximate surface area is 181 Å². The molecule has 0 aliphatic carbocycles. The molecule has 31 heavy (non-hydrogen) atoms. The lowest BCUT2D eigenvalue weighted by Gasteiger charge is -2.34. The summed E-state index contributed by atoms with van der Waals surface area (Å²) in [6, 6.07) is 11.4. The van der Waals surface area contributed by atoms with Crippen molar-refractivity contribution in [3.05, 3.63) is 47.5 Å². The Balaban J connectivity index is 1.29. The van der Waals surface area contributed by atoms with Crippen molar-refractivity contribution in [1.82, 2.24) is 9.80 Å². The van der Waals surface area contributed by atoms with Gasteiger partial charge in [0.15, 0.2) is 17.3 Å². The Morgan fingerprint density at radius 1 is 1.00 bits per heavy atom. The highest BCUT2D eigenvalue weighted by Crippen LogP contribution is 2.37. The standard InChI is InChI=1S/C23H27N3O5/c1-16(27)19-11-21-22(31-15-30-21)12-20(19)24-23(28)14-26-9-7-25(8-10-26)13-17-3-5-18(29-2)6-4-17/h3-6,11-12H,7-10,13-15H2,1-2H3,(H,24,28). The number of Topliss-reactive ketones (excluding diaryl/α,β-unsaturated/α-hetero) is 1. The van der Waals surface area contributed by atoms with Crippen LogP contribution in [0.25, 0.3) is 0 Å². The molecule has 0 unspecified atom stereocenters. The van der Waals surface area contributed by atoms with Gasteiger partial charge in [0.25, 0.3) is 0 Å². The van der Waals surface area contributed by atoms with E-state index in [4.69, 9.17) is 14.2 Å². The van der Waals surface area contributed by atoms with Gasteiger partial charge in [-0.05, 0) is 30.7 Å². The van der Waals surface area contributed by atoms with Gasteiger partial charge in [-0.15, -0.1) is 0 Å². The van der Waals surface area contributed by atoms with Gasteiger partial charge in [-0.2, -0.15) is 0 Å². The third kappa shape index (κ3) is 5.15. The maximum Gasteiger partial charge on any atom is 0.238 e. The molecule has 1 fully saturated rings. The van der Waals surface area contributed by atoms with Crippen LogP contribution in [-0.4, -0.2) is 68.1 Å². The van der Waals surface area contributed by atoms with Crippen molar-refractivity contribution in [2.75, 3.05) is 51.9 Å². The zero-order valence-electron chi connectivity index (χ0n) is 17.8. The normalized spacial score (nSPS) is 16.2. The number of ether oxygens (including phenoxy) is 3. The van der Waals surface area contributed by atoms with Crippen LogP contribution >= 0.6 is 0 Å². The van der Waals surface area contributed by atoms with Gasteiger partial charge in [0.05, 0.1) is 19.3 Å². The number of methoxy groups -OCH3 is 1. The van der Waals surface area contributed by atoms with Crippen molar-refractivity contribution in [3.63, 3.8) is 0 Å². The van der Waals surface area contributed by atoms with E-state index in [1.165, 1.54) is 12.5 Å². The molecule has 0 radical (unpaired) electrons. The monoisotopic (exact) mass is 425 g/mol. The molecule has 8 heteroatoms. The number of rotatable bonds is 7. The fraction of sp³-hybridized carbons (Fsp3) is 0.391. The van der Waals surface area contributed by atoms with E-state index >= 15 is 0 Å². The number of hydrogen-bond acceptors (Lipinski definition) is 7. The van der Waals surface area contributed by atoms with Crippen molar-refractivity contribution in [2.24, 2.45) is 0 Å². The molecule has 0 atom stereocenters.